The van der Waals surface area contributed by atoms with Crippen molar-refractivity contribution < 1.29 is 22.7 Å². The van der Waals surface area contributed by atoms with Crippen molar-refractivity contribution in [1.82, 2.24) is 4.98 Å². The molecule has 1 fully saturated rings. The van der Waals surface area contributed by atoms with Crippen LogP contribution in [-0.2, 0) is 4.79 Å². The third-order valence-corrected chi connectivity index (χ3v) is 4.35. The number of hydrogen-bond acceptors (Lipinski definition) is 3. The SMILES string of the molecule is CC#CC(=O)Nc1cnc(OC)c(/C=C/[C@H]2CC[C@H](C(F)(F)F)CC2)c1. The molecule has 1 aliphatic carbocycles. The number of amides is 1. The Hall–Kier alpha value is -2.49. The Morgan fingerprint density at radius 2 is 2.04 bits per heavy atom. The largest absolute Gasteiger partial charge is 0.481 e. The van der Waals surface area contributed by atoms with Crippen LogP contribution < -0.4 is 10.1 Å². The van der Waals surface area contributed by atoms with Crippen LogP contribution in [0.5, 0.6) is 5.88 Å². The van der Waals surface area contributed by atoms with Gasteiger partial charge in [-0.05, 0) is 50.5 Å². The van der Waals surface area contributed by atoms with Gasteiger partial charge in [0.25, 0.3) is 5.91 Å². The summed E-state index contributed by atoms with van der Waals surface area (Å²) >= 11 is 0. The summed E-state index contributed by atoms with van der Waals surface area (Å²) in [6.07, 6.45) is 2.34. The second-order valence-electron chi connectivity index (χ2n) is 6.16. The van der Waals surface area contributed by atoms with Gasteiger partial charge in [0.05, 0.1) is 24.9 Å². The number of alkyl halides is 3. The first-order valence-electron chi connectivity index (χ1n) is 8.36. The predicted molar refractivity (Wildman–Crippen MR) is 93.4 cm³/mol. The Kier molecular flexibility index (Phi) is 6.67. The molecule has 140 valence electrons. The average molecular weight is 366 g/mol. The Morgan fingerprint density at radius 1 is 1.35 bits per heavy atom. The molecule has 1 heterocycles. The van der Waals surface area contributed by atoms with Gasteiger partial charge in [-0.25, -0.2) is 4.98 Å². The van der Waals surface area contributed by atoms with E-state index in [1.54, 1.807) is 19.1 Å². The van der Waals surface area contributed by atoms with Crippen molar-refractivity contribution in [1.29, 1.82) is 0 Å². The molecule has 0 atom stereocenters. The van der Waals surface area contributed by atoms with Crippen molar-refractivity contribution in [2.75, 3.05) is 12.4 Å². The van der Waals surface area contributed by atoms with E-state index in [0.717, 1.165) is 0 Å². The fourth-order valence-corrected chi connectivity index (χ4v) is 2.98. The van der Waals surface area contributed by atoms with E-state index in [4.69, 9.17) is 4.74 Å². The van der Waals surface area contributed by atoms with Gasteiger partial charge in [0.2, 0.25) is 5.88 Å². The number of nitrogens with zero attached hydrogens (tertiary/aromatic N) is 1. The molecule has 0 unspecified atom stereocenters. The van der Waals surface area contributed by atoms with Gasteiger partial charge in [-0.1, -0.05) is 18.1 Å². The van der Waals surface area contributed by atoms with Crippen molar-refractivity contribution in [3.63, 3.8) is 0 Å². The van der Waals surface area contributed by atoms with E-state index < -0.39 is 18.0 Å². The monoisotopic (exact) mass is 366 g/mol. The van der Waals surface area contributed by atoms with Crippen LogP contribution in [0.4, 0.5) is 18.9 Å². The zero-order chi connectivity index (χ0) is 19.2. The minimum absolute atomic E-state index is 0.0857. The zero-order valence-electron chi connectivity index (χ0n) is 14.7. The lowest BCUT2D eigenvalue weighted by molar-refractivity contribution is -0.183. The first-order valence-corrected chi connectivity index (χ1v) is 8.36. The summed E-state index contributed by atoms with van der Waals surface area (Å²) in [5, 5.41) is 2.61. The molecule has 0 aromatic carbocycles. The number of carbonyl (C=O) groups excluding carboxylic acids is 1. The van der Waals surface area contributed by atoms with E-state index >= 15 is 0 Å². The van der Waals surface area contributed by atoms with E-state index in [9.17, 15) is 18.0 Å². The number of halogens is 3. The van der Waals surface area contributed by atoms with Gasteiger partial charge < -0.3 is 10.1 Å². The zero-order valence-corrected chi connectivity index (χ0v) is 14.7. The number of pyridine rings is 1. The number of nitrogens with one attached hydrogen (secondary N) is 1. The molecular formula is C19H21F3N2O2. The van der Waals surface area contributed by atoms with Gasteiger partial charge in [-0.3, -0.25) is 4.79 Å². The molecule has 1 N–H and O–H groups in total. The highest BCUT2D eigenvalue weighted by Gasteiger charge is 2.40. The summed E-state index contributed by atoms with van der Waals surface area (Å²) in [6.45, 7) is 1.56. The van der Waals surface area contributed by atoms with Gasteiger partial charge in [0, 0.05) is 5.56 Å². The number of ether oxygens (including phenoxy) is 1. The van der Waals surface area contributed by atoms with Crippen LogP contribution in [0.15, 0.2) is 18.3 Å². The van der Waals surface area contributed by atoms with E-state index in [1.165, 1.54) is 13.3 Å². The molecule has 0 spiro atoms. The lowest BCUT2D eigenvalue weighted by Crippen LogP contribution is -2.27. The highest BCUT2D eigenvalue weighted by molar-refractivity contribution is 6.03. The quantitative estimate of drug-likeness (QED) is 0.802. The summed E-state index contributed by atoms with van der Waals surface area (Å²) in [5.41, 5.74) is 1.12. The first-order chi connectivity index (χ1) is 12.3. The summed E-state index contributed by atoms with van der Waals surface area (Å²) in [7, 11) is 1.48. The normalized spacial score (nSPS) is 20.3. The van der Waals surface area contributed by atoms with E-state index in [1.807, 2.05) is 6.08 Å². The van der Waals surface area contributed by atoms with Crippen LogP contribution >= 0.6 is 0 Å². The lowest BCUT2D eigenvalue weighted by atomic mass is 9.81. The molecule has 0 aliphatic heterocycles. The van der Waals surface area contributed by atoms with E-state index in [-0.39, 0.29) is 18.8 Å². The average Bonchev–Trinajstić information content (AvgIpc) is 2.60. The maximum absolute atomic E-state index is 12.7. The van der Waals surface area contributed by atoms with Crippen LogP contribution in [0.25, 0.3) is 6.08 Å². The third kappa shape index (κ3) is 5.51. The minimum Gasteiger partial charge on any atom is -0.481 e. The number of methoxy groups -OCH3 is 1. The number of carbonyl (C=O) groups is 1. The molecule has 4 nitrogen and oxygen atoms in total. The maximum atomic E-state index is 12.7. The van der Waals surface area contributed by atoms with Crippen LogP contribution in [0, 0.1) is 23.7 Å². The highest BCUT2D eigenvalue weighted by Crippen LogP contribution is 2.40. The highest BCUT2D eigenvalue weighted by atomic mass is 19.4. The van der Waals surface area contributed by atoms with E-state index in [0.29, 0.717) is 30.0 Å². The molecule has 1 aromatic rings. The molecule has 1 saturated carbocycles. The Morgan fingerprint density at radius 3 is 2.62 bits per heavy atom. The van der Waals surface area contributed by atoms with Crippen LogP contribution in [0.3, 0.4) is 0 Å². The summed E-state index contributed by atoms with van der Waals surface area (Å²) in [6, 6.07) is 1.69. The van der Waals surface area contributed by atoms with Gasteiger partial charge >= 0.3 is 6.18 Å². The Labute approximate surface area is 150 Å². The maximum Gasteiger partial charge on any atom is 0.391 e. The molecular weight excluding hydrogens is 345 g/mol. The molecule has 26 heavy (non-hydrogen) atoms. The number of rotatable bonds is 4. The Bertz CT molecular complexity index is 725. The summed E-state index contributed by atoms with van der Waals surface area (Å²) in [5.74, 6) is 3.71. The first kappa shape index (κ1) is 19.8. The number of hydrogen-bond donors (Lipinski definition) is 1. The standard InChI is InChI=1S/C19H21F3N2O2/c1-3-4-17(25)24-16-11-14(18(26-2)23-12-16)8-5-13-6-9-15(10-7-13)19(20,21)22/h5,8,11-13,15H,6-7,9-10H2,1-2H3,(H,24,25)/b8-5+/t13-,15-. The molecule has 0 bridgehead atoms. The number of anilines is 1. The van der Waals surface area contributed by atoms with Crippen LogP contribution in [0.2, 0.25) is 0 Å². The third-order valence-electron chi connectivity index (χ3n) is 4.35. The molecule has 0 saturated heterocycles. The molecule has 1 amide bonds. The van der Waals surface area contributed by atoms with Gasteiger partial charge in [-0.15, -0.1) is 0 Å². The lowest BCUT2D eigenvalue weighted by Gasteiger charge is -2.28. The fourth-order valence-electron chi connectivity index (χ4n) is 2.98. The van der Waals surface area contributed by atoms with Crippen LogP contribution in [0.1, 0.15) is 38.2 Å². The van der Waals surface area contributed by atoms with Crippen molar-refractivity contribution in [3.8, 4) is 17.7 Å². The van der Waals surface area contributed by atoms with E-state index in [2.05, 4.69) is 22.1 Å². The molecule has 1 aromatic heterocycles. The predicted octanol–water partition coefficient (Wildman–Crippen LogP) is 4.43. The molecule has 2 rings (SSSR count). The number of allylic oxidation sites excluding steroid dienone is 1. The molecule has 7 heteroatoms. The molecule has 1 aliphatic rings. The number of aromatic nitrogens is 1. The second kappa shape index (κ2) is 8.75. The van der Waals surface area contributed by atoms with Crippen molar-refractivity contribution in [2.24, 2.45) is 11.8 Å². The summed E-state index contributed by atoms with van der Waals surface area (Å²) in [4.78, 5) is 15.7. The van der Waals surface area contributed by atoms with Crippen molar-refractivity contribution in [3.05, 3.63) is 23.9 Å². The van der Waals surface area contributed by atoms with Gasteiger partial charge in [0.15, 0.2) is 0 Å². The summed E-state index contributed by atoms with van der Waals surface area (Å²) < 4.78 is 43.4. The fraction of sp³-hybridized carbons (Fsp3) is 0.474. The smallest absolute Gasteiger partial charge is 0.391 e. The van der Waals surface area contributed by atoms with Gasteiger partial charge in [-0.2, -0.15) is 13.2 Å². The Balaban J connectivity index is 2.06. The van der Waals surface area contributed by atoms with Gasteiger partial charge in [0.1, 0.15) is 0 Å². The topological polar surface area (TPSA) is 51.2 Å². The van der Waals surface area contributed by atoms with Crippen LogP contribution in [-0.4, -0.2) is 24.2 Å². The minimum atomic E-state index is -4.10. The second-order valence-corrected chi connectivity index (χ2v) is 6.16. The molecule has 0 radical (unpaired) electrons. The van der Waals surface area contributed by atoms with Crippen molar-refractivity contribution >= 4 is 17.7 Å². The van der Waals surface area contributed by atoms with Crippen molar-refractivity contribution in [2.45, 2.75) is 38.8 Å².